The Balaban J connectivity index is 3.11. The average molecular weight is 307 g/mol. The second kappa shape index (κ2) is 6.30. The standard InChI is InChI=1S/C12H16Cl2N2O3/c1-4-7(2)16(6-10(17)18)12(19)9-5-8(13)11(14)15(9)3/h5,7H,4,6H2,1-3H3,(H,17,18). The van der Waals surface area contributed by atoms with E-state index in [0.29, 0.717) is 6.42 Å². The Labute approximate surface area is 121 Å². The minimum atomic E-state index is -1.06. The third kappa shape index (κ3) is 3.42. The van der Waals surface area contributed by atoms with Crippen LogP contribution in [-0.2, 0) is 11.8 Å². The van der Waals surface area contributed by atoms with Crippen molar-refractivity contribution in [2.24, 2.45) is 7.05 Å². The van der Waals surface area contributed by atoms with Crippen LogP contribution in [0.25, 0.3) is 0 Å². The molecule has 1 unspecified atom stereocenters. The molecule has 1 aromatic heterocycles. The number of amides is 1. The molecule has 106 valence electrons. The van der Waals surface area contributed by atoms with E-state index in [1.165, 1.54) is 15.5 Å². The smallest absolute Gasteiger partial charge is 0.323 e. The summed E-state index contributed by atoms with van der Waals surface area (Å²) in [7, 11) is 1.61. The van der Waals surface area contributed by atoms with E-state index in [9.17, 15) is 9.59 Å². The van der Waals surface area contributed by atoms with Gasteiger partial charge in [-0.25, -0.2) is 0 Å². The highest BCUT2D eigenvalue weighted by molar-refractivity contribution is 6.41. The Morgan fingerprint density at radius 2 is 2.05 bits per heavy atom. The summed E-state index contributed by atoms with van der Waals surface area (Å²) >= 11 is 11.8. The Morgan fingerprint density at radius 1 is 1.47 bits per heavy atom. The largest absolute Gasteiger partial charge is 0.480 e. The lowest BCUT2D eigenvalue weighted by atomic mass is 10.2. The molecule has 19 heavy (non-hydrogen) atoms. The minimum absolute atomic E-state index is 0.184. The molecule has 1 rings (SSSR count). The first-order valence-electron chi connectivity index (χ1n) is 5.83. The molecule has 0 radical (unpaired) electrons. The number of carbonyl (C=O) groups excluding carboxylic acids is 1. The van der Waals surface area contributed by atoms with E-state index in [2.05, 4.69) is 0 Å². The quantitative estimate of drug-likeness (QED) is 0.909. The van der Waals surface area contributed by atoms with Gasteiger partial charge in [0.1, 0.15) is 17.4 Å². The predicted molar refractivity (Wildman–Crippen MR) is 73.9 cm³/mol. The molecule has 0 spiro atoms. The molecule has 0 aromatic carbocycles. The molecule has 1 aromatic rings. The molecule has 1 atom stereocenters. The van der Waals surface area contributed by atoms with Gasteiger partial charge in [0.15, 0.2) is 0 Å². The normalized spacial score (nSPS) is 12.3. The van der Waals surface area contributed by atoms with E-state index in [1.54, 1.807) is 14.0 Å². The van der Waals surface area contributed by atoms with E-state index in [1.807, 2.05) is 6.92 Å². The molecule has 0 fully saturated rings. The van der Waals surface area contributed by atoms with Crippen LogP contribution in [0.15, 0.2) is 6.07 Å². The molecule has 0 aliphatic rings. The Morgan fingerprint density at radius 3 is 2.42 bits per heavy atom. The fourth-order valence-electron chi connectivity index (χ4n) is 1.69. The number of carboxylic acid groups (broad SMARTS) is 1. The number of rotatable bonds is 5. The maximum atomic E-state index is 12.4. The zero-order valence-electron chi connectivity index (χ0n) is 11.0. The lowest BCUT2D eigenvalue weighted by Crippen LogP contribution is -2.42. The summed E-state index contributed by atoms with van der Waals surface area (Å²) in [6, 6.07) is 1.26. The number of nitrogens with zero attached hydrogens (tertiary/aromatic N) is 2. The molecule has 0 saturated carbocycles. The first-order chi connectivity index (χ1) is 8.79. The second-order valence-corrected chi connectivity index (χ2v) is 5.08. The van der Waals surface area contributed by atoms with Gasteiger partial charge in [-0.15, -0.1) is 0 Å². The lowest BCUT2D eigenvalue weighted by Gasteiger charge is -2.27. The van der Waals surface area contributed by atoms with Crippen molar-refractivity contribution in [1.29, 1.82) is 0 Å². The number of carbonyl (C=O) groups is 2. The summed E-state index contributed by atoms with van der Waals surface area (Å²) in [4.78, 5) is 24.6. The van der Waals surface area contributed by atoms with Crippen molar-refractivity contribution in [3.05, 3.63) is 21.9 Å². The highest BCUT2D eigenvalue weighted by Gasteiger charge is 2.26. The molecule has 5 nitrogen and oxygen atoms in total. The fraction of sp³-hybridized carbons (Fsp3) is 0.500. The monoisotopic (exact) mass is 306 g/mol. The van der Waals surface area contributed by atoms with Crippen LogP contribution in [0.4, 0.5) is 0 Å². The van der Waals surface area contributed by atoms with Crippen LogP contribution in [0, 0.1) is 0 Å². The summed E-state index contributed by atoms with van der Waals surface area (Å²) in [6.07, 6.45) is 0.658. The molecule has 7 heteroatoms. The molecule has 0 bridgehead atoms. The summed E-state index contributed by atoms with van der Waals surface area (Å²) in [5.41, 5.74) is 0.275. The van der Waals surface area contributed by atoms with Crippen LogP contribution in [-0.4, -0.2) is 39.0 Å². The molecule has 1 heterocycles. The summed E-state index contributed by atoms with van der Waals surface area (Å²) in [6.45, 7) is 3.33. The van der Waals surface area contributed by atoms with Gasteiger partial charge in [0.05, 0.1) is 5.02 Å². The van der Waals surface area contributed by atoms with E-state index >= 15 is 0 Å². The van der Waals surface area contributed by atoms with Crippen molar-refractivity contribution >= 4 is 35.1 Å². The van der Waals surface area contributed by atoms with E-state index < -0.39 is 11.9 Å². The SMILES string of the molecule is CCC(C)N(CC(=O)O)C(=O)c1cc(Cl)c(Cl)n1C. The van der Waals surface area contributed by atoms with Gasteiger partial charge < -0.3 is 14.6 Å². The summed E-state index contributed by atoms with van der Waals surface area (Å²) < 4.78 is 1.45. The van der Waals surface area contributed by atoms with Crippen molar-refractivity contribution < 1.29 is 14.7 Å². The Kier molecular flexibility index (Phi) is 5.26. The molecule has 1 amide bonds. The zero-order valence-corrected chi connectivity index (χ0v) is 12.5. The van der Waals surface area contributed by atoms with Gasteiger partial charge in [-0.2, -0.15) is 0 Å². The van der Waals surface area contributed by atoms with Gasteiger partial charge in [-0.05, 0) is 19.4 Å². The zero-order chi connectivity index (χ0) is 14.7. The summed E-state index contributed by atoms with van der Waals surface area (Å²) in [5, 5.41) is 9.42. The van der Waals surface area contributed by atoms with Crippen molar-refractivity contribution in [3.63, 3.8) is 0 Å². The average Bonchev–Trinajstić information content (AvgIpc) is 2.61. The van der Waals surface area contributed by atoms with E-state index in [0.717, 1.165) is 0 Å². The molecular weight excluding hydrogens is 291 g/mol. The van der Waals surface area contributed by atoms with Crippen LogP contribution in [0.2, 0.25) is 10.2 Å². The highest BCUT2D eigenvalue weighted by Crippen LogP contribution is 2.26. The van der Waals surface area contributed by atoms with Gasteiger partial charge in [0.2, 0.25) is 0 Å². The van der Waals surface area contributed by atoms with Crippen LogP contribution in [0.5, 0.6) is 0 Å². The van der Waals surface area contributed by atoms with Crippen molar-refractivity contribution in [1.82, 2.24) is 9.47 Å². The van der Waals surface area contributed by atoms with E-state index in [4.69, 9.17) is 28.3 Å². The predicted octanol–water partition coefficient (Wildman–Crippen LogP) is 2.66. The molecule has 0 aliphatic heterocycles. The third-order valence-electron chi connectivity index (χ3n) is 3.02. The number of hydrogen-bond donors (Lipinski definition) is 1. The molecule has 0 saturated heterocycles. The maximum absolute atomic E-state index is 12.4. The molecule has 0 aliphatic carbocycles. The summed E-state index contributed by atoms with van der Waals surface area (Å²) in [5.74, 6) is -1.45. The number of aromatic nitrogens is 1. The van der Waals surface area contributed by atoms with Gasteiger partial charge in [-0.1, -0.05) is 30.1 Å². The number of carboxylic acids is 1. The van der Waals surface area contributed by atoms with Crippen molar-refractivity contribution in [2.75, 3.05) is 6.54 Å². The van der Waals surface area contributed by atoms with Gasteiger partial charge >= 0.3 is 5.97 Å². The van der Waals surface area contributed by atoms with Crippen molar-refractivity contribution in [3.8, 4) is 0 Å². The fourth-order valence-corrected chi connectivity index (χ4v) is 2.06. The highest BCUT2D eigenvalue weighted by atomic mass is 35.5. The number of halogens is 2. The van der Waals surface area contributed by atoms with Gasteiger partial charge in [0, 0.05) is 13.1 Å². The first kappa shape index (κ1) is 15.9. The van der Waals surface area contributed by atoms with Gasteiger partial charge in [-0.3, -0.25) is 9.59 Å². The van der Waals surface area contributed by atoms with Crippen LogP contribution < -0.4 is 0 Å². The molecule has 1 N–H and O–H groups in total. The van der Waals surface area contributed by atoms with Crippen molar-refractivity contribution in [2.45, 2.75) is 26.3 Å². The Hall–Kier alpha value is -1.20. The number of aliphatic carboxylic acids is 1. The Bertz CT molecular complexity index is 499. The minimum Gasteiger partial charge on any atom is -0.480 e. The third-order valence-corrected chi connectivity index (χ3v) is 3.87. The van der Waals surface area contributed by atoms with Crippen LogP contribution >= 0.6 is 23.2 Å². The van der Waals surface area contributed by atoms with Crippen LogP contribution in [0.1, 0.15) is 30.8 Å². The number of hydrogen-bond acceptors (Lipinski definition) is 2. The van der Waals surface area contributed by atoms with Crippen LogP contribution in [0.3, 0.4) is 0 Å². The lowest BCUT2D eigenvalue weighted by molar-refractivity contribution is -0.138. The first-order valence-corrected chi connectivity index (χ1v) is 6.58. The molecular formula is C12H16Cl2N2O3. The maximum Gasteiger partial charge on any atom is 0.323 e. The second-order valence-electron chi connectivity index (χ2n) is 4.31. The van der Waals surface area contributed by atoms with Gasteiger partial charge in [0.25, 0.3) is 5.91 Å². The van der Waals surface area contributed by atoms with E-state index in [-0.39, 0.29) is 28.5 Å². The topological polar surface area (TPSA) is 62.5 Å².